The number of thiol groups is 1. The van der Waals surface area contributed by atoms with Gasteiger partial charge in [-0.15, -0.1) is 0 Å². The van der Waals surface area contributed by atoms with E-state index >= 15 is 0 Å². The van der Waals surface area contributed by atoms with Gasteiger partial charge in [0.05, 0.1) is 13.2 Å². The minimum atomic E-state index is -1.39. The summed E-state index contributed by atoms with van der Waals surface area (Å²) in [6.07, 6.45) is 1.15. The quantitative estimate of drug-likeness (QED) is 0.0303. The van der Waals surface area contributed by atoms with Crippen molar-refractivity contribution in [3.05, 3.63) is 35.9 Å². The summed E-state index contributed by atoms with van der Waals surface area (Å²) >= 11 is 4.00. The van der Waals surface area contributed by atoms with Crippen LogP contribution in [-0.2, 0) is 49.6 Å². The SMILES string of the molecule is CC(C)C[C@H](NC(=O)[C@H](CCC(N)=O)NC(=O)CNC(=O)[C@@H](N)CO)C(=O)N[C@@H](CCCCN)C(=O)N[C@@H](Cc1ccccc1)C(=O)N1CCC[C@H]1C(=O)N[C@@H](CS)C(=O)O. The highest BCUT2D eigenvalue weighted by Gasteiger charge is 2.40. The third-order valence-corrected chi connectivity index (χ3v) is 10.1. The fourth-order valence-electron chi connectivity index (χ4n) is 6.47. The van der Waals surface area contributed by atoms with Crippen molar-refractivity contribution in [2.75, 3.05) is 32.0 Å². The van der Waals surface area contributed by atoms with Crippen molar-refractivity contribution in [3.63, 3.8) is 0 Å². The standard InChI is InChI=1S/C39H62N10O11S/c1-22(2)17-27(46-35(55)26(13-14-31(42)51)44-32(52)19-43-33(53)24(41)20-50)36(56)45-25(11-6-7-15-40)34(54)47-28(18-23-9-4-3-5-10-23)38(58)49-16-8-12-30(49)37(57)48-29(21-61)39(59)60/h3-5,9-10,22,24-30,50,61H,6-8,11-21,40-41H2,1-2H3,(H2,42,51)(H,43,53)(H,44,52)(H,45,56)(H,46,55)(H,47,54)(H,48,57)(H,59,60)/t24-,25-,26-,27-,28-,29-,30-/m0/s1. The third-order valence-electron chi connectivity index (χ3n) is 9.74. The zero-order chi connectivity index (χ0) is 45.6. The second kappa shape index (κ2) is 26.8. The summed E-state index contributed by atoms with van der Waals surface area (Å²) in [6, 6.07) is 0.114. The number of hydrogen-bond donors (Lipinski definition) is 12. The molecule has 1 aromatic rings. The molecule has 14 N–H and O–H groups in total. The Morgan fingerprint density at radius 3 is 2.00 bits per heavy atom. The Morgan fingerprint density at radius 1 is 0.820 bits per heavy atom. The molecule has 1 heterocycles. The molecule has 22 heteroatoms. The van der Waals surface area contributed by atoms with Gasteiger partial charge < -0.3 is 64.2 Å². The maximum absolute atomic E-state index is 14.3. The molecule has 1 fully saturated rings. The second-order valence-corrected chi connectivity index (χ2v) is 15.6. The zero-order valence-electron chi connectivity index (χ0n) is 34.6. The lowest BCUT2D eigenvalue weighted by molar-refractivity contribution is -0.144. The monoisotopic (exact) mass is 878 g/mol. The van der Waals surface area contributed by atoms with Crippen LogP contribution in [0.4, 0.5) is 0 Å². The van der Waals surface area contributed by atoms with Crippen LogP contribution >= 0.6 is 12.6 Å². The van der Waals surface area contributed by atoms with Crippen LogP contribution in [0.25, 0.3) is 0 Å². The molecule has 0 unspecified atom stereocenters. The molecule has 0 bridgehead atoms. The predicted octanol–water partition coefficient (Wildman–Crippen LogP) is -3.47. The van der Waals surface area contributed by atoms with Crippen LogP contribution in [0.2, 0.25) is 0 Å². The Hall–Kier alpha value is -5.32. The summed E-state index contributed by atoms with van der Waals surface area (Å²) in [7, 11) is 0. The largest absolute Gasteiger partial charge is 0.480 e. The van der Waals surface area contributed by atoms with Crippen LogP contribution in [0.1, 0.15) is 70.8 Å². The average molecular weight is 879 g/mol. The summed E-state index contributed by atoms with van der Waals surface area (Å²) < 4.78 is 0. The number of hydrogen-bond acceptors (Lipinski definition) is 13. The predicted molar refractivity (Wildman–Crippen MR) is 225 cm³/mol. The first-order valence-corrected chi connectivity index (χ1v) is 20.9. The molecule has 340 valence electrons. The molecule has 1 aliphatic rings. The molecule has 21 nitrogen and oxygen atoms in total. The molecule has 1 saturated heterocycles. The molecule has 0 aliphatic carbocycles. The number of nitrogens with two attached hydrogens (primary N) is 3. The van der Waals surface area contributed by atoms with Gasteiger partial charge in [0, 0.05) is 25.1 Å². The number of primary amides is 1. The van der Waals surface area contributed by atoms with E-state index in [4.69, 9.17) is 22.3 Å². The lowest BCUT2D eigenvalue weighted by Crippen LogP contribution is -2.60. The van der Waals surface area contributed by atoms with Crippen molar-refractivity contribution in [3.8, 4) is 0 Å². The molecule has 7 atom stereocenters. The molecule has 0 spiro atoms. The highest BCUT2D eigenvalue weighted by Crippen LogP contribution is 2.21. The van der Waals surface area contributed by atoms with Gasteiger partial charge in [0.1, 0.15) is 42.3 Å². The molecule has 61 heavy (non-hydrogen) atoms. The number of unbranched alkanes of at least 4 members (excludes halogenated alkanes) is 1. The number of nitrogens with one attached hydrogen (secondary N) is 6. The van der Waals surface area contributed by atoms with E-state index in [1.54, 1.807) is 44.2 Å². The van der Waals surface area contributed by atoms with Gasteiger partial charge in [-0.2, -0.15) is 12.6 Å². The number of aliphatic hydroxyl groups is 1. The molecular weight excluding hydrogens is 817 g/mol. The first-order chi connectivity index (χ1) is 28.9. The number of benzene rings is 1. The van der Waals surface area contributed by atoms with E-state index in [-0.39, 0.29) is 63.3 Å². The van der Waals surface area contributed by atoms with Gasteiger partial charge >= 0.3 is 5.97 Å². The Morgan fingerprint density at radius 2 is 1.43 bits per heavy atom. The van der Waals surface area contributed by atoms with E-state index < -0.39 is 109 Å². The molecule has 1 aliphatic heterocycles. The molecule has 2 rings (SSSR count). The number of aliphatic carboxylic acids is 1. The fourth-order valence-corrected chi connectivity index (χ4v) is 6.72. The third kappa shape index (κ3) is 18.1. The number of nitrogens with zero attached hydrogens (tertiary/aromatic N) is 1. The summed E-state index contributed by atoms with van der Waals surface area (Å²) in [5.41, 5.74) is 17.2. The Bertz CT molecular complexity index is 1670. The fraction of sp³-hybridized carbons (Fsp3) is 0.615. The van der Waals surface area contributed by atoms with E-state index in [1.165, 1.54) is 4.90 Å². The second-order valence-electron chi connectivity index (χ2n) is 15.2. The summed E-state index contributed by atoms with van der Waals surface area (Å²) in [6.45, 7) is 2.73. The minimum absolute atomic E-state index is 0.0104. The molecule has 0 aromatic heterocycles. The van der Waals surface area contributed by atoms with Gasteiger partial charge in [0.15, 0.2) is 0 Å². The number of carboxylic acids is 1. The van der Waals surface area contributed by atoms with Crippen molar-refractivity contribution in [1.29, 1.82) is 0 Å². The van der Waals surface area contributed by atoms with Gasteiger partial charge in [0.2, 0.25) is 47.3 Å². The van der Waals surface area contributed by atoms with Crippen molar-refractivity contribution >= 4 is 65.9 Å². The Kier molecular flexibility index (Phi) is 22.8. The molecule has 1 aromatic carbocycles. The Labute approximate surface area is 360 Å². The van der Waals surface area contributed by atoms with Crippen LogP contribution in [-0.4, -0.2) is 143 Å². The van der Waals surface area contributed by atoms with Crippen LogP contribution in [0.5, 0.6) is 0 Å². The van der Waals surface area contributed by atoms with Gasteiger partial charge in [-0.05, 0) is 63.0 Å². The topological polar surface area (TPSA) is 348 Å². The molecular formula is C39H62N10O11S. The number of carboxylic acid groups (broad SMARTS) is 1. The maximum atomic E-state index is 14.3. The summed E-state index contributed by atoms with van der Waals surface area (Å²) in [5.74, 6) is -7.71. The number of rotatable bonds is 27. The number of amides is 8. The minimum Gasteiger partial charge on any atom is -0.480 e. The van der Waals surface area contributed by atoms with Crippen LogP contribution in [0.15, 0.2) is 30.3 Å². The highest BCUT2D eigenvalue weighted by atomic mass is 32.1. The number of likely N-dealkylation sites (tertiary alicyclic amines) is 1. The maximum Gasteiger partial charge on any atom is 0.327 e. The lowest BCUT2D eigenvalue weighted by atomic mass is 10.00. The molecule has 0 radical (unpaired) electrons. The van der Waals surface area contributed by atoms with Gasteiger partial charge in [-0.25, -0.2) is 4.79 Å². The first-order valence-electron chi connectivity index (χ1n) is 20.2. The van der Waals surface area contributed by atoms with E-state index in [9.17, 15) is 48.3 Å². The number of aliphatic hydroxyl groups excluding tert-OH is 1. The van der Waals surface area contributed by atoms with Crippen molar-refractivity contribution in [2.45, 2.75) is 114 Å². The van der Waals surface area contributed by atoms with Crippen molar-refractivity contribution < 1.29 is 53.4 Å². The number of carbonyl (C=O) groups is 9. The van der Waals surface area contributed by atoms with E-state index in [0.717, 1.165) is 0 Å². The molecule has 0 saturated carbocycles. The van der Waals surface area contributed by atoms with Crippen LogP contribution in [0, 0.1) is 5.92 Å². The zero-order valence-corrected chi connectivity index (χ0v) is 35.5. The molecule has 8 amide bonds. The van der Waals surface area contributed by atoms with Crippen molar-refractivity contribution in [1.82, 2.24) is 36.8 Å². The van der Waals surface area contributed by atoms with E-state index in [2.05, 4.69) is 44.5 Å². The smallest absolute Gasteiger partial charge is 0.327 e. The lowest BCUT2D eigenvalue weighted by Gasteiger charge is -2.31. The van der Waals surface area contributed by atoms with Gasteiger partial charge in [-0.1, -0.05) is 44.2 Å². The highest BCUT2D eigenvalue weighted by molar-refractivity contribution is 7.80. The van der Waals surface area contributed by atoms with E-state index in [1.807, 2.05) is 0 Å². The first kappa shape index (κ1) is 51.8. The van der Waals surface area contributed by atoms with Gasteiger partial charge in [-0.3, -0.25) is 38.4 Å². The van der Waals surface area contributed by atoms with Crippen molar-refractivity contribution in [2.24, 2.45) is 23.1 Å². The number of carbonyl (C=O) groups excluding carboxylic acids is 8. The summed E-state index contributed by atoms with van der Waals surface area (Å²) in [4.78, 5) is 118. The van der Waals surface area contributed by atoms with Crippen LogP contribution < -0.4 is 49.1 Å². The van der Waals surface area contributed by atoms with Gasteiger partial charge in [0.25, 0.3) is 0 Å². The van der Waals surface area contributed by atoms with Crippen LogP contribution in [0.3, 0.4) is 0 Å². The Balaban J connectivity index is 2.37. The van der Waals surface area contributed by atoms with E-state index in [0.29, 0.717) is 24.8 Å². The summed E-state index contributed by atoms with van der Waals surface area (Å²) in [5, 5.41) is 33.7. The average Bonchev–Trinajstić information content (AvgIpc) is 3.72. The normalized spacial score (nSPS) is 16.5.